The lowest BCUT2D eigenvalue weighted by molar-refractivity contribution is -0.119. The number of hydrogen-bond donors (Lipinski definition) is 1. The Hall–Kier alpha value is -3.29. The predicted octanol–water partition coefficient (Wildman–Crippen LogP) is 2.32. The molecule has 0 radical (unpaired) electrons. The Labute approximate surface area is 162 Å². The summed E-state index contributed by atoms with van der Waals surface area (Å²) in [6, 6.07) is 7.46. The molecular weight excluding hydrogens is 360 g/mol. The van der Waals surface area contributed by atoms with E-state index in [4.69, 9.17) is 19.2 Å². The predicted molar refractivity (Wildman–Crippen MR) is 103 cm³/mol. The van der Waals surface area contributed by atoms with E-state index in [1.807, 2.05) is 37.4 Å². The second kappa shape index (κ2) is 7.38. The van der Waals surface area contributed by atoms with Gasteiger partial charge in [0.15, 0.2) is 11.5 Å². The summed E-state index contributed by atoms with van der Waals surface area (Å²) in [4.78, 5) is 16.2. The number of rotatable bonds is 6. The van der Waals surface area contributed by atoms with Crippen LogP contribution >= 0.6 is 0 Å². The van der Waals surface area contributed by atoms with E-state index in [0.29, 0.717) is 36.0 Å². The standard InChI is InChI=1S/C20H22N4O4/c1-12(14-9-19(25)21-10-14)28-20-16-6-7-22-24(16)11-15(23-20)13-4-5-17(26-2)18(8-13)27-3/h4-8,11-12,14H,9-10H2,1-3H3,(H,21,25). The quantitative estimate of drug-likeness (QED) is 0.704. The molecule has 28 heavy (non-hydrogen) atoms. The summed E-state index contributed by atoms with van der Waals surface area (Å²) in [5, 5.41) is 7.18. The van der Waals surface area contributed by atoms with Crippen LogP contribution in [0.3, 0.4) is 0 Å². The Morgan fingerprint density at radius 2 is 2.04 bits per heavy atom. The second-order valence-corrected chi connectivity index (χ2v) is 6.75. The molecule has 8 heteroatoms. The molecule has 8 nitrogen and oxygen atoms in total. The normalized spacial score (nSPS) is 17.4. The van der Waals surface area contributed by atoms with Gasteiger partial charge in [-0.05, 0) is 31.2 Å². The molecule has 0 spiro atoms. The van der Waals surface area contributed by atoms with E-state index in [0.717, 1.165) is 11.1 Å². The molecule has 2 aromatic heterocycles. The van der Waals surface area contributed by atoms with Crippen molar-refractivity contribution in [1.82, 2.24) is 19.9 Å². The molecule has 0 bridgehead atoms. The molecule has 1 aliphatic rings. The van der Waals surface area contributed by atoms with Gasteiger partial charge in [0.1, 0.15) is 11.6 Å². The van der Waals surface area contributed by atoms with E-state index in [-0.39, 0.29) is 17.9 Å². The number of carbonyl (C=O) groups is 1. The molecule has 1 saturated heterocycles. The number of nitrogens with zero attached hydrogens (tertiary/aromatic N) is 3. The Balaban J connectivity index is 1.70. The van der Waals surface area contributed by atoms with Gasteiger partial charge in [-0.2, -0.15) is 5.10 Å². The lowest BCUT2D eigenvalue weighted by Gasteiger charge is -2.20. The molecule has 0 aliphatic carbocycles. The second-order valence-electron chi connectivity index (χ2n) is 6.75. The molecule has 2 atom stereocenters. The highest BCUT2D eigenvalue weighted by atomic mass is 16.5. The van der Waals surface area contributed by atoms with Crippen LogP contribution in [-0.4, -0.2) is 47.4 Å². The van der Waals surface area contributed by atoms with E-state index in [1.165, 1.54) is 0 Å². The van der Waals surface area contributed by atoms with Crippen molar-refractivity contribution in [3.05, 3.63) is 36.7 Å². The summed E-state index contributed by atoms with van der Waals surface area (Å²) in [5.41, 5.74) is 2.32. The van der Waals surface area contributed by atoms with Gasteiger partial charge in [0.25, 0.3) is 0 Å². The average molecular weight is 382 g/mol. The maximum atomic E-state index is 11.5. The van der Waals surface area contributed by atoms with Crippen molar-refractivity contribution in [2.75, 3.05) is 20.8 Å². The lowest BCUT2D eigenvalue weighted by Crippen LogP contribution is -2.26. The van der Waals surface area contributed by atoms with E-state index >= 15 is 0 Å². The Morgan fingerprint density at radius 3 is 2.75 bits per heavy atom. The minimum Gasteiger partial charge on any atom is -0.493 e. The highest BCUT2D eigenvalue weighted by Crippen LogP contribution is 2.33. The first kappa shape index (κ1) is 18.1. The minimum absolute atomic E-state index is 0.0574. The van der Waals surface area contributed by atoms with Crippen molar-refractivity contribution in [3.8, 4) is 28.6 Å². The van der Waals surface area contributed by atoms with Crippen LogP contribution in [0.15, 0.2) is 36.7 Å². The van der Waals surface area contributed by atoms with Crippen LogP contribution in [0.25, 0.3) is 16.8 Å². The molecule has 1 amide bonds. The molecule has 4 rings (SSSR count). The number of carbonyl (C=O) groups excluding carboxylic acids is 1. The summed E-state index contributed by atoms with van der Waals surface area (Å²) < 4.78 is 18.6. The summed E-state index contributed by atoms with van der Waals surface area (Å²) in [5.74, 6) is 1.92. The minimum atomic E-state index is -0.161. The smallest absolute Gasteiger partial charge is 0.240 e. The highest BCUT2D eigenvalue weighted by Gasteiger charge is 2.28. The van der Waals surface area contributed by atoms with Gasteiger partial charge in [0, 0.05) is 24.4 Å². The van der Waals surface area contributed by atoms with Crippen molar-refractivity contribution in [2.24, 2.45) is 5.92 Å². The molecule has 2 unspecified atom stereocenters. The van der Waals surface area contributed by atoms with E-state index in [9.17, 15) is 4.79 Å². The number of fused-ring (bicyclic) bond motifs is 1. The maximum absolute atomic E-state index is 11.5. The SMILES string of the molecule is COc1ccc(-c2cn3nccc3c(OC(C)C3CNC(=O)C3)n2)cc1OC. The zero-order valence-corrected chi connectivity index (χ0v) is 16.0. The van der Waals surface area contributed by atoms with E-state index < -0.39 is 0 Å². The number of hydrogen-bond acceptors (Lipinski definition) is 6. The average Bonchev–Trinajstić information content (AvgIpc) is 3.36. The third-order valence-electron chi connectivity index (χ3n) is 5.01. The molecule has 3 heterocycles. The molecule has 146 valence electrons. The summed E-state index contributed by atoms with van der Waals surface area (Å²) in [6.45, 7) is 2.58. The summed E-state index contributed by atoms with van der Waals surface area (Å²) >= 11 is 0. The van der Waals surface area contributed by atoms with Crippen molar-refractivity contribution >= 4 is 11.4 Å². The third kappa shape index (κ3) is 3.33. The number of aromatic nitrogens is 3. The largest absolute Gasteiger partial charge is 0.493 e. The Bertz CT molecular complexity index is 1020. The third-order valence-corrected chi connectivity index (χ3v) is 5.01. The van der Waals surface area contributed by atoms with Gasteiger partial charge in [-0.15, -0.1) is 0 Å². The molecule has 1 fully saturated rings. The fourth-order valence-electron chi connectivity index (χ4n) is 3.35. The first-order valence-corrected chi connectivity index (χ1v) is 9.09. The molecule has 1 aliphatic heterocycles. The number of ether oxygens (including phenoxy) is 3. The lowest BCUT2D eigenvalue weighted by atomic mass is 10.0. The van der Waals surface area contributed by atoms with Crippen LogP contribution in [0.1, 0.15) is 13.3 Å². The first-order valence-electron chi connectivity index (χ1n) is 9.09. The molecule has 3 aromatic rings. The zero-order valence-electron chi connectivity index (χ0n) is 16.0. The van der Waals surface area contributed by atoms with Crippen molar-refractivity contribution in [1.29, 1.82) is 0 Å². The summed E-state index contributed by atoms with van der Waals surface area (Å²) in [7, 11) is 3.19. The number of benzene rings is 1. The van der Waals surface area contributed by atoms with E-state index in [2.05, 4.69) is 10.4 Å². The van der Waals surface area contributed by atoms with Gasteiger partial charge in [0.2, 0.25) is 11.8 Å². The number of methoxy groups -OCH3 is 2. The van der Waals surface area contributed by atoms with Gasteiger partial charge < -0.3 is 19.5 Å². The molecule has 1 N–H and O–H groups in total. The molecule has 1 aromatic carbocycles. The van der Waals surface area contributed by atoms with E-state index in [1.54, 1.807) is 24.9 Å². The van der Waals surface area contributed by atoms with Crippen LogP contribution in [0.4, 0.5) is 0 Å². The first-order chi connectivity index (χ1) is 13.6. The topological polar surface area (TPSA) is 87.0 Å². The monoisotopic (exact) mass is 382 g/mol. The van der Waals surface area contributed by atoms with Crippen LogP contribution in [-0.2, 0) is 4.79 Å². The number of nitrogens with one attached hydrogen (secondary N) is 1. The van der Waals surface area contributed by atoms with Gasteiger partial charge in [-0.3, -0.25) is 4.79 Å². The molecular formula is C20H22N4O4. The van der Waals surface area contributed by atoms with Crippen LogP contribution in [0, 0.1) is 5.92 Å². The molecule has 0 saturated carbocycles. The Kier molecular flexibility index (Phi) is 4.77. The summed E-state index contributed by atoms with van der Waals surface area (Å²) in [6.07, 6.45) is 3.85. The van der Waals surface area contributed by atoms with Gasteiger partial charge in [0.05, 0.1) is 32.3 Å². The van der Waals surface area contributed by atoms with Crippen LogP contribution in [0.2, 0.25) is 0 Å². The fraction of sp³-hybridized carbons (Fsp3) is 0.350. The van der Waals surface area contributed by atoms with Crippen molar-refractivity contribution in [2.45, 2.75) is 19.4 Å². The zero-order chi connectivity index (χ0) is 19.7. The van der Waals surface area contributed by atoms with Crippen molar-refractivity contribution < 1.29 is 19.0 Å². The number of amides is 1. The van der Waals surface area contributed by atoms with Crippen molar-refractivity contribution in [3.63, 3.8) is 0 Å². The van der Waals surface area contributed by atoms with Gasteiger partial charge in [-0.1, -0.05) is 0 Å². The van der Waals surface area contributed by atoms with Crippen LogP contribution in [0.5, 0.6) is 17.4 Å². The Morgan fingerprint density at radius 1 is 1.21 bits per heavy atom. The fourth-order valence-corrected chi connectivity index (χ4v) is 3.35. The maximum Gasteiger partial charge on any atom is 0.240 e. The van der Waals surface area contributed by atoms with Crippen LogP contribution < -0.4 is 19.5 Å². The van der Waals surface area contributed by atoms with Gasteiger partial charge >= 0.3 is 0 Å². The highest BCUT2D eigenvalue weighted by molar-refractivity contribution is 5.78. The van der Waals surface area contributed by atoms with Gasteiger partial charge in [-0.25, -0.2) is 9.50 Å².